The Bertz CT molecular complexity index is 740. The van der Waals surface area contributed by atoms with Gasteiger partial charge in [-0.1, -0.05) is 0 Å². The minimum Gasteiger partial charge on any atom is -0.493 e. The van der Waals surface area contributed by atoms with E-state index < -0.39 is 5.97 Å². The second-order valence-corrected chi connectivity index (χ2v) is 8.29. The van der Waals surface area contributed by atoms with Gasteiger partial charge in [-0.25, -0.2) is 4.98 Å². The summed E-state index contributed by atoms with van der Waals surface area (Å²) in [5, 5.41) is 13.5. The van der Waals surface area contributed by atoms with Crippen molar-refractivity contribution in [2.75, 3.05) is 13.2 Å². The molecular weight excluding hydrogens is 348 g/mol. The van der Waals surface area contributed by atoms with E-state index in [-0.39, 0.29) is 5.92 Å². The van der Waals surface area contributed by atoms with E-state index in [2.05, 4.69) is 17.4 Å². The Morgan fingerprint density at radius 3 is 2.69 bits per heavy atom. The summed E-state index contributed by atoms with van der Waals surface area (Å²) in [5.74, 6) is 0.519. The van der Waals surface area contributed by atoms with Crippen molar-refractivity contribution in [1.82, 2.24) is 10.3 Å². The lowest BCUT2D eigenvalue weighted by Gasteiger charge is -2.25. The van der Waals surface area contributed by atoms with Crippen LogP contribution in [0.3, 0.4) is 0 Å². The fourth-order valence-electron chi connectivity index (χ4n) is 3.73. The van der Waals surface area contributed by atoms with E-state index in [9.17, 15) is 4.79 Å². The monoisotopic (exact) mass is 372 g/mol. The van der Waals surface area contributed by atoms with Crippen molar-refractivity contribution >= 4 is 17.3 Å². The fourth-order valence-corrected chi connectivity index (χ4v) is 4.82. The maximum absolute atomic E-state index is 11.0. The van der Waals surface area contributed by atoms with E-state index in [0.29, 0.717) is 12.5 Å². The van der Waals surface area contributed by atoms with Crippen LogP contribution in [0.1, 0.15) is 36.3 Å². The number of benzene rings is 1. The largest absolute Gasteiger partial charge is 0.493 e. The van der Waals surface area contributed by atoms with Gasteiger partial charge in [0.2, 0.25) is 0 Å². The maximum Gasteiger partial charge on any atom is 0.306 e. The van der Waals surface area contributed by atoms with Gasteiger partial charge in [-0.05, 0) is 55.9 Å². The second-order valence-electron chi connectivity index (χ2n) is 7.21. The highest BCUT2D eigenvalue weighted by molar-refractivity contribution is 7.15. The molecule has 1 saturated carbocycles. The molecule has 0 saturated heterocycles. The first-order valence-electron chi connectivity index (χ1n) is 9.34. The Kier molecular flexibility index (Phi) is 5.22. The van der Waals surface area contributed by atoms with Gasteiger partial charge < -0.3 is 15.2 Å². The summed E-state index contributed by atoms with van der Waals surface area (Å²) in [6, 6.07) is 8.18. The lowest BCUT2D eigenvalue weighted by Crippen LogP contribution is -2.24. The van der Waals surface area contributed by atoms with E-state index in [0.717, 1.165) is 61.5 Å². The smallest absolute Gasteiger partial charge is 0.306 e. The summed E-state index contributed by atoms with van der Waals surface area (Å²) in [6.45, 7) is 2.61. The number of rotatable bonds is 5. The number of hydrogen-bond donors (Lipinski definition) is 2. The molecule has 2 heterocycles. The SMILES string of the molecule is O=C(O)C1CCC(COc2ccc(-c3nc4c(s3)CNCC4)cc2)CC1. The zero-order chi connectivity index (χ0) is 17.9. The van der Waals surface area contributed by atoms with Crippen molar-refractivity contribution in [3.05, 3.63) is 34.8 Å². The Labute approximate surface area is 157 Å². The molecule has 6 heteroatoms. The quantitative estimate of drug-likeness (QED) is 0.837. The molecule has 2 N–H and O–H groups in total. The van der Waals surface area contributed by atoms with Crippen LogP contribution >= 0.6 is 11.3 Å². The van der Waals surface area contributed by atoms with Crippen LogP contribution in [0, 0.1) is 11.8 Å². The highest BCUT2D eigenvalue weighted by Crippen LogP contribution is 2.32. The number of ether oxygens (including phenoxy) is 1. The number of nitrogens with zero attached hydrogens (tertiary/aromatic N) is 1. The third-order valence-electron chi connectivity index (χ3n) is 5.39. The molecular formula is C20H24N2O3S. The lowest BCUT2D eigenvalue weighted by molar-refractivity contribution is -0.143. The standard InChI is InChI=1S/C20H24N2O3S/c23-20(24)15-3-1-13(2-4-15)12-25-16-7-5-14(6-8-16)19-22-17-9-10-21-11-18(17)26-19/h5-8,13,15,21H,1-4,9-12H2,(H,23,24). The molecule has 0 bridgehead atoms. The Hall–Kier alpha value is -1.92. The van der Waals surface area contributed by atoms with Gasteiger partial charge in [0.05, 0.1) is 18.2 Å². The van der Waals surface area contributed by atoms with Gasteiger partial charge in [-0.2, -0.15) is 0 Å². The van der Waals surface area contributed by atoms with Crippen LogP contribution in [0.5, 0.6) is 5.75 Å². The van der Waals surface area contributed by atoms with Crippen molar-refractivity contribution in [2.45, 2.75) is 38.6 Å². The molecule has 1 fully saturated rings. The third-order valence-corrected chi connectivity index (χ3v) is 6.53. The molecule has 2 aliphatic rings. The summed E-state index contributed by atoms with van der Waals surface area (Å²) in [7, 11) is 0. The average Bonchev–Trinajstić information content (AvgIpc) is 3.11. The predicted octanol–water partition coefficient (Wildman–Crippen LogP) is 3.73. The number of hydrogen-bond acceptors (Lipinski definition) is 5. The third kappa shape index (κ3) is 3.91. The van der Waals surface area contributed by atoms with E-state index in [1.807, 2.05) is 12.1 Å². The number of carboxylic acid groups (broad SMARTS) is 1. The molecule has 2 aromatic rings. The van der Waals surface area contributed by atoms with Crippen LogP contribution < -0.4 is 10.1 Å². The lowest BCUT2D eigenvalue weighted by atomic mass is 9.82. The Morgan fingerprint density at radius 2 is 2.00 bits per heavy atom. The predicted molar refractivity (Wildman–Crippen MR) is 102 cm³/mol. The first kappa shape index (κ1) is 17.5. The maximum atomic E-state index is 11.0. The molecule has 1 aromatic heterocycles. The molecule has 138 valence electrons. The number of fused-ring (bicyclic) bond motifs is 1. The van der Waals surface area contributed by atoms with Crippen molar-refractivity contribution in [1.29, 1.82) is 0 Å². The van der Waals surface area contributed by atoms with Crippen LogP contribution in [-0.2, 0) is 17.8 Å². The summed E-state index contributed by atoms with van der Waals surface area (Å²) < 4.78 is 5.94. The van der Waals surface area contributed by atoms with E-state index in [1.165, 1.54) is 10.6 Å². The highest BCUT2D eigenvalue weighted by Gasteiger charge is 2.26. The highest BCUT2D eigenvalue weighted by atomic mass is 32.1. The molecule has 5 nitrogen and oxygen atoms in total. The number of aromatic nitrogens is 1. The van der Waals surface area contributed by atoms with Crippen molar-refractivity contribution in [2.24, 2.45) is 11.8 Å². The van der Waals surface area contributed by atoms with E-state index >= 15 is 0 Å². The molecule has 4 rings (SSSR count). The van der Waals surface area contributed by atoms with Gasteiger partial charge in [0, 0.05) is 30.0 Å². The van der Waals surface area contributed by atoms with E-state index in [1.54, 1.807) is 11.3 Å². The molecule has 26 heavy (non-hydrogen) atoms. The summed E-state index contributed by atoms with van der Waals surface area (Å²) in [4.78, 5) is 17.1. The fraction of sp³-hybridized carbons (Fsp3) is 0.500. The number of aliphatic carboxylic acids is 1. The number of nitrogens with one attached hydrogen (secondary N) is 1. The number of thiazole rings is 1. The molecule has 0 amide bonds. The second kappa shape index (κ2) is 7.76. The van der Waals surface area contributed by atoms with Crippen LogP contribution in [0.25, 0.3) is 10.6 Å². The Morgan fingerprint density at radius 1 is 1.23 bits per heavy atom. The number of carbonyl (C=O) groups is 1. The molecule has 1 aromatic carbocycles. The molecule has 0 atom stereocenters. The van der Waals surface area contributed by atoms with Gasteiger partial charge >= 0.3 is 5.97 Å². The number of carboxylic acids is 1. The van der Waals surface area contributed by atoms with Gasteiger partial charge in [0.15, 0.2) is 0 Å². The van der Waals surface area contributed by atoms with Gasteiger partial charge in [0.25, 0.3) is 0 Å². The summed E-state index contributed by atoms with van der Waals surface area (Å²) in [5.41, 5.74) is 2.37. The molecule has 1 aliphatic carbocycles. The van der Waals surface area contributed by atoms with Crippen molar-refractivity contribution in [3.63, 3.8) is 0 Å². The van der Waals surface area contributed by atoms with Gasteiger partial charge in [0.1, 0.15) is 10.8 Å². The molecule has 0 spiro atoms. The first-order chi connectivity index (χ1) is 12.7. The van der Waals surface area contributed by atoms with Gasteiger partial charge in [-0.3, -0.25) is 4.79 Å². The van der Waals surface area contributed by atoms with E-state index in [4.69, 9.17) is 14.8 Å². The molecule has 1 aliphatic heterocycles. The van der Waals surface area contributed by atoms with Crippen molar-refractivity contribution < 1.29 is 14.6 Å². The van der Waals surface area contributed by atoms with Crippen molar-refractivity contribution in [3.8, 4) is 16.3 Å². The van der Waals surface area contributed by atoms with Crippen LogP contribution in [-0.4, -0.2) is 29.2 Å². The normalized spacial score (nSPS) is 22.6. The van der Waals surface area contributed by atoms with Gasteiger partial charge in [-0.15, -0.1) is 11.3 Å². The molecule has 0 radical (unpaired) electrons. The van der Waals surface area contributed by atoms with Crippen LogP contribution in [0.15, 0.2) is 24.3 Å². The zero-order valence-corrected chi connectivity index (χ0v) is 15.6. The average molecular weight is 372 g/mol. The topological polar surface area (TPSA) is 71.5 Å². The summed E-state index contributed by atoms with van der Waals surface area (Å²) in [6.07, 6.45) is 4.43. The molecule has 0 unspecified atom stereocenters. The first-order valence-corrected chi connectivity index (χ1v) is 10.2. The van der Waals surface area contributed by atoms with Crippen LogP contribution in [0.4, 0.5) is 0 Å². The Balaban J connectivity index is 1.32. The minimum absolute atomic E-state index is 0.162. The minimum atomic E-state index is -0.653. The summed E-state index contributed by atoms with van der Waals surface area (Å²) >= 11 is 1.77. The zero-order valence-electron chi connectivity index (χ0n) is 14.7. The van der Waals surface area contributed by atoms with Crippen LogP contribution in [0.2, 0.25) is 0 Å².